The lowest BCUT2D eigenvalue weighted by molar-refractivity contribution is -0.142. The molecule has 0 saturated carbocycles. The molecule has 0 aliphatic carbocycles. The summed E-state index contributed by atoms with van der Waals surface area (Å²) in [5.41, 5.74) is -1.98. The normalized spacial score (nSPS) is 11.8. The highest BCUT2D eigenvalue weighted by molar-refractivity contribution is 5.95. The van der Waals surface area contributed by atoms with Gasteiger partial charge in [-0.3, -0.25) is 0 Å². The number of carbonyl (C=O) groups excluding carboxylic acids is 1. The predicted molar refractivity (Wildman–Crippen MR) is 81.4 cm³/mol. The number of halogens is 5. The number of ether oxygens (including phenoxy) is 2. The first-order chi connectivity index (χ1) is 12.7. The molecule has 0 spiro atoms. The van der Waals surface area contributed by atoms with E-state index in [0.717, 1.165) is 19.4 Å². The second-order valence-electron chi connectivity index (χ2n) is 5.22. The Morgan fingerprint density at radius 3 is 2.59 bits per heavy atom. The standard InChI is InChI=1S/C16H10F5N3O3/c1-26-14(25)10-7-22-24-12(16(19,20)21)6-11(23-13(10)24)8-3-2-4-9(5-8)27-15(17)18/h2-7,15H,1H3. The Balaban J connectivity index is 2.23. The van der Waals surface area contributed by atoms with Crippen molar-refractivity contribution < 1.29 is 36.2 Å². The molecule has 0 unspecified atom stereocenters. The van der Waals surface area contributed by atoms with Crippen LogP contribution in [0.3, 0.4) is 0 Å². The zero-order chi connectivity index (χ0) is 19.8. The highest BCUT2D eigenvalue weighted by Gasteiger charge is 2.36. The molecule has 142 valence electrons. The number of nitrogens with zero attached hydrogens (tertiary/aromatic N) is 3. The number of hydrogen-bond acceptors (Lipinski definition) is 5. The molecule has 0 atom stereocenters. The van der Waals surface area contributed by atoms with Gasteiger partial charge in [0.2, 0.25) is 0 Å². The lowest BCUT2D eigenvalue weighted by Crippen LogP contribution is -2.14. The summed E-state index contributed by atoms with van der Waals surface area (Å²) in [4.78, 5) is 15.8. The van der Waals surface area contributed by atoms with Gasteiger partial charge in [0.1, 0.15) is 11.3 Å². The quantitative estimate of drug-likeness (QED) is 0.503. The molecule has 27 heavy (non-hydrogen) atoms. The number of alkyl halides is 5. The zero-order valence-electron chi connectivity index (χ0n) is 13.5. The predicted octanol–water partition coefficient (Wildman–Crippen LogP) is 3.80. The fourth-order valence-corrected chi connectivity index (χ4v) is 2.40. The average Bonchev–Trinajstić information content (AvgIpc) is 3.02. The Hall–Kier alpha value is -3.24. The molecule has 0 bridgehead atoms. The van der Waals surface area contributed by atoms with Crippen LogP contribution in [0.5, 0.6) is 5.75 Å². The lowest BCUT2D eigenvalue weighted by atomic mass is 10.1. The van der Waals surface area contributed by atoms with Gasteiger partial charge in [-0.1, -0.05) is 12.1 Å². The molecule has 11 heteroatoms. The van der Waals surface area contributed by atoms with Crippen LogP contribution < -0.4 is 4.74 Å². The third-order valence-corrected chi connectivity index (χ3v) is 3.52. The van der Waals surface area contributed by atoms with Crippen molar-refractivity contribution >= 4 is 11.6 Å². The summed E-state index contributed by atoms with van der Waals surface area (Å²) >= 11 is 0. The molecule has 6 nitrogen and oxygen atoms in total. The maximum Gasteiger partial charge on any atom is 0.433 e. The maximum absolute atomic E-state index is 13.4. The molecule has 0 radical (unpaired) electrons. The first kappa shape index (κ1) is 18.5. The summed E-state index contributed by atoms with van der Waals surface area (Å²) in [6.45, 7) is -3.10. The number of carbonyl (C=O) groups is 1. The lowest BCUT2D eigenvalue weighted by Gasteiger charge is -2.12. The Morgan fingerprint density at radius 2 is 1.96 bits per heavy atom. The summed E-state index contributed by atoms with van der Waals surface area (Å²) in [6.07, 6.45) is -3.91. The molecule has 0 saturated heterocycles. The number of esters is 1. The number of aromatic nitrogens is 3. The van der Waals surface area contributed by atoms with Crippen LogP contribution in [0.2, 0.25) is 0 Å². The van der Waals surface area contributed by atoms with E-state index in [2.05, 4.69) is 19.6 Å². The van der Waals surface area contributed by atoms with E-state index in [4.69, 9.17) is 0 Å². The third kappa shape index (κ3) is 3.66. The van der Waals surface area contributed by atoms with E-state index >= 15 is 0 Å². The van der Waals surface area contributed by atoms with E-state index in [-0.39, 0.29) is 28.2 Å². The fraction of sp³-hybridized carbons (Fsp3) is 0.188. The van der Waals surface area contributed by atoms with Gasteiger partial charge in [-0.25, -0.2) is 14.3 Å². The third-order valence-electron chi connectivity index (χ3n) is 3.52. The summed E-state index contributed by atoms with van der Waals surface area (Å²) in [7, 11) is 1.06. The van der Waals surface area contributed by atoms with E-state index in [1.165, 1.54) is 18.2 Å². The number of hydrogen-bond donors (Lipinski definition) is 0. The van der Waals surface area contributed by atoms with Gasteiger partial charge in [0.05, 0.1) is 19.0 Å². The SMILES string of the molecule is COC(=O)c1cnn2c(C(F)(F)F)cc(-c3cccc(OC(F)F)c3)nc12. The highest BCUT2D eigenvalue weighted by atomic mass is 19.4. The van der Waals surface area contributed by atoms with Crippen LogP contribution in [0.1, 0.15) is 16.1 Å². The number of rotatable bonds is 4. The Labute approximate surface area is 148 Å². The van der Waals surface area contributed by atoms with Crippen LogP contribution in [0.15, 0.2) is 36.5 Å². The van der Waals surface area contributed by atoms with Crippen molar-refractivity contribution in [1.82, 2.24) is 14.6 Å². The topological polar surface area (TPSA) is 65.7 Å². The highest BCUT2D eigenvalue weighted by Crippen LogP contribution is 2.33. The van der Waals surface area contributed by atoms with Crippen LogP contribution in [0, 0.1) is 0 Å². The van der Waals surface area contributed by atoms with Crippen molar-refractivity contribution in [3.63, 3.8) is 0 Å². The van der Waals surface area contributed by atoms with Crippen LogP contribution in [0.4, 0.5) is 22.0 Å². The molecule has 0 aliphatic heterocycles. The Morgan fingerprint density at radius 1 is 1.22 bits per heavy atom. The number of benzene rings is 1. The van der Waals surface area contributed by atoms with Crippen LogP contribution in [-0.2, 0) is 10.9 Å². The number of methoxy groups -OCH3 is 1. The van der Waals surface area contributed by atoms with Crippen molar-refractivity contribution in [2.24, 2.45) is 0 Å². The van der Waals surface area contributed by atoms with Crippen molar-refractivity contribution in [1.29, 1.82) is 0 Å². The summed E-state index contributed by atoms with van der Waals surface area (Å²) in [6, 6.07) is 5.72. The summed E-state index contributed by atoms with van der Waals surface area (Å²) in [5.74, 6) is -1.17. The first-order valence-corrected chi connectivity index (χ1v) is 7.30. The van der Waals surface area contributed by atoms with Crippen molar-refractivity contribution in [2.45, 2.75) is 12.8 Å². The molecule has 0 aliphatic rings. The Bertz CT molecular complexity index is 1000. The van der Waals surface area contributed by atoms with E-state index in [1.54, 1.807) is 0 Å². The molecule has 0 fully saturated rings. The van der Waals surface area contributed by atoms with Crippen molar-refractivity contribution in [3.8, 4) is 17.0 Å². The second kappa shape index (κ2) is 6.82. The molecule has 0 N–H and O–H groups in total. The summed E-state index contributed by atoms with van der Waals surface area (Å²) < 4.78 is 74.3. The van der Waals surface area contributed by atoms with E-state index in [1.807, 2.05) is 0 Å². The van der Waals surface area contributed by atoms with Gasteiger partial charge in [-0.05, 0) is 18.2 Å². The molecular formula is C16H10F5N3O3. The monoisotopic (exact) mass is 387 g/mol. The minimum absolute atomic E-state index is 0.0816. The van der Waals surface area contributed by atoms with Gasteiger partial charge in [0.25, 0.3) is 0 Å². The first-order valence-electron chi connectivity index (χ1n) is 7.30. The van der Waals surface area contributed by atoms with Gasteiger partial charge in [0.15, 0.2) is 11.3 Å². The largest absolute Gasteiger partial charge is 0.465 e. The molecule has 1 aromatic carbocycles. The average molecular weight is 387 g/mol. The van der Waals surface area contributed by atoms with Gasteiger partial charge in [-0.2, -0.15) is 27.1 Å². The molecule has 3 rings (SSSR count). The molecular weight excluding hydrogens is 377 g/mol. The van der Waals surface area contributed by atoms with Gasteiger partial charge < -0.3 is 9.47 Å². The van der Waals surface area contributed by atoms with Gasteiger partial charge >= 0.3 is 18.8 Å². The molecule has 2 heterocycles. The molecule has 2 aromatic heterocycles. The van der Waals surface area contributed by atoms with Crippen LogP contribution in [0.25, 0.3) is 16.9 Å². The second-order valence-corrected chi connectivity index (χ2v) is 5.22. The minimum atomic E-state index is -4.81. The van der Waals surface area contributed by atoms with Gasteiger partial charge in [-0.15, -0.1) is 0 Å². The maximum atomic E-state index is 13.4. The van der Waals surface area contributed by atoms with E-state index < -0.39 is 24.5 Å². The van der Waals surface area contributed by atoms with E-state index in [0.29, 0.717) is 10.6 Å². The zero-order valence-corrected chi connectivity index (χ0v) is 13.5. The smallest absolute Gasteiger partial charge is 0.433 e. The van der Waals surface area contributed by atoms with Crippen molar-refractivity contribution in [3.05, 3.63) is 47.8 Å². The molecule has 0 amide bonds. The van der Waals surface area contributed by atoms with Crippen molar-refractivity contribution in [2.75, 3.05) is 7.11 Å². The minimum Gasteiger partial charge on any atom is -0.465 e. The van der Waals surface area contributed by atoms with E-state index in [9.17, 15) is 26.7 Å². The number of fused-ring (bicyclic) bond motifs is 1. The van der Waals surface area contributed by atoms with Gasteiger partial charge in [0, 0.05) is 5.56 Å². The Kier molecular flexibility index (Phi) is 4.68. The molecule has 3 aromatic rings. The fourth-order valence-electron chi connectivity index (χ4n) is 2.40. The van der Waals surface area contributed by atoms with Crippen LogP contribution in [-0.4, -0.2) is 34.3 Å². The van der Waals surface area contributed by atoms with Crippen LogP contribution >= 0.6 is 0 Å². The summed E-state index contributed by atoms with van der Waals surface area (Å²) in [5, 5.41) is 3.56.